The Balaban J connectivity index is 1.88. The molecule has 2 aliphatic rings. The van der Waals surface area contributed by atoms with Gasteiger partial charge in [-0.25, -0.2) is 0 Å². The molecule has 3 nitrogen and oxygen atoms in total. The normalized spacial score (nSPS) is 24.0. The van der Waals surface area contributed by atoms with Gasteiger partial charge in [0, 0.05) is 30.7 Å². The molecule has 3 heteroatoms. The summed E-state index contributed by atoms with van der Waals surface area (Å²) >= 11 is 0. The van der Waals surface area contributed by atoms with Crippen LogP contribution in [0.5, 0.6) is 0 Å². The van der Waals surface area contributed by atoms with Crippen molar-refractivity contribution < 1.29 is 0 Å². The van der Waals surface area contributed by atoms with Gasteiger partial charge in [-0.1, -0.05) is 13.8 Å². The van der Waals surface area contributed by atoms with Crippen molar-refractivity contribution >= 4 is 0 Å². The Morgan fingerprint density at radius 3 is 2.16 bits per heavy atom. The molecule has 0 aromatic heterocycles. The first-order valence-corrected chi connectivity index (χ1v) is 8.06. The topological polar surface area (TPSA) is 18.5 Å². The van der Waals surface area contributed by atoms with Crippen LogP contribution in [-0.4, -0.2) is 61.7 Å². The zero-order valence-corrected chi connectivity index (χ0v) is 13.6. The van der Waals surface area contributed by atoms with Gasteiger partial charge in [0.15, 0.2) is 0 Å². The average molecular weight is 267 g/mol. The van der Waals surface area contributed by atoms with Crippen molar-refractivity contribution in [2.75, 3.05) is 34.2 Å². The highest BCUT2D eigenvalue weighted by molar-refractivity contribution is 4.99. The molecule has 0 aliphatic heterocycles. The lowest BCUT2D eigenvalue weighted by Gasteiger charge is -2.51. The van der Waals surface area contributed by atoms with E-state index in [4.69, 9.17) is 0 Å². The number of rotatable bonds is 8. The minimum atomic E-state index is 0.446. The third-order valence-electron chi connectivity index (χ3n) is 5.31. The summed E-state index contributed by atoms with van der Waals surface area (Å²) in [5.74, 6) is 0.718. The summed E-state index contributed by atoms with van der Waals surface area (Å²) in [6.07, 6.45) is 6.90. The van der Waals surface area contributed by atoms with Crippen molar-refractivity contribution in [1.29, 1.82) is 0 Å². The van der Waals surface area contributed by atoms with E-state index in [1.165, 1.54) is 38.6 Å². The van der Waals surface area contributed by atoms with Gasteiger partial charge in [-0.15, -0.1) is 0 Å². The molecule has 1 atom stereocenters. The van der Waals surface area contributed by atoms with Gasteiger partial charge in [0.25, 0.3) is 0 Å². The van der Waals surface area contributed by atoms with E-state index in [9.17, 15) is 0 Å². The maximum Gasteiger partial charge on any atom is 0.0330 e. The first-order valence-electron chi connectivity index (χ1n) is 8.06. The van der Waals surface area contributed by atoms with Gasteiger partial charge in [0.2, 0.25) is 0 Å². The third kappa shape index (κ3) is 3.71. The lowest BCUT2D eigenvalue weighted by atomic mass is 9.75. The zero-order chi connectivity index (χ0) is 14.0. The van der Waals surface area contributed by atoms with Crippen molar-refractivity contribution in [2.24, 2.45) is 5.92 Å². The molecule has 2 aliphatic carbocycles. The fourth-order valence-corrected chi connectivity index (χ4v) is 3.39. The van der Waals surface area contributed by atoms with Crippen LogP contribution < -0.4 is 5.32 Å². The van der Waals surface area contributed by atoms with Crippen LogP contribution in [0.3, 0.4) is 0 Å². The molecule has 0 aromatic carbocycles. The van der Waals surface area contributed by atoms with Crippen LogP contribution in [0.15, 0.2) is 0 Å². The van der Waals surface area contributed by atoms with E-state index in [-0.39, 0.29) is 0 Å². The summed E-state index contributed by atoms with van der Waals surface area (Å²) in [4.78, 5) is 5.07. The van der Waals surface area contributed by atoms with E-state index in [0.29, 0.717) is 11.6 Å². The number of nitrogens with one attached hydrogen (secondary N) is 1. The molecule has 0 heterocycles. The SMILES string of the molecule is CC(C)C(CNC1CC1)N(C)CC1(N(C)C)CCC1. The van der Waals surface area contributed by atoms with E-state index in [2.05, 4.69) is 50.1 Å². The number of hydrogen-bond acceptors (Lipinski definition) is 3. The zero-order valence-electron chi connectivity index (χ0n) is 13.6. The van der Waals surface area contributed by atoms with Gasteiger partial charge in [-0.05, 0) is 59.2 Å². The predicted octanol–water partition coefficient (Wildman–Crippen LogP) is 2.18. The fourth-order valence-electron chi connectivity index (χ4n) is 3.39. The lowest BCUT2D eigenvalue weighted by Crippen LogP contribution is -2.59. The highest BCUT2D eigenvalue weighted by Crippen LogP contribution is 2.37. The Morgan fingerprint density at radius 2 is 1.79 bits per heavy atom. The van der Waals surface area contributed by atoms with Crippen molar-refractivity contribution in [3.05, 3.63) is 0 Å². The van der Waals surface area contributed by atoms with Gasteiger partial charge < -0.3 is 15.1 Å². The first-order chi connectivity index (χ1) is 8.94. The monoisotopic (exact) mass is 267 g/mol. The highest BCUT2D eigenvalue weighted by atomic mass is 15.2. The molecule has 0 amide bonds. The molecule has 2 saturated carbocycles. The Hall–Kier alpha value is -0.120. The van der Waals surface area contributed by atoms with E-state index in [0.717, 1.165) is 18.5 Å². The van der Waals surface area contributed by atoms with Crippen LogP contribution in [0, 0.1) is 5.92 Å². The van der Waals surface area contributed by atoms with Crippen molar-refractivity contribution in [2.45, 2.75) is 63.6 Å². The molecular weight excluding hydrogens is 234 g/mol. The van der Waals surface area contributed by atoms with Gasteiger partial charge in [0.05, 0.1) is 0 Å². The molecule has 1 unspecified atom stereocenters. The minimum absolute atomic E-state index is 0.446. The maximum atomic E-state index is 3.71. The molecule has 19 heavy (non-hydrogen) atoms. The molecule has 0 radical (unpaired) electrons. The Bertz CT molecular complexity index is 280. The summed E-state index contributed by atoms with van der Waals surface area (Å²) in [5, 5.41) is 3.71. The van der Waals surface area contributed by atoms with Crippen molar-refractivity contribution in [3.8, 4) is 0 Å². The summed E-state index contributed by atoms with van der Waals surface area (Å²) in [6.45, 7) is 7.09. The smallest absolute Gasteiger partial charge is 0.0330 e. The maximum absolute atomic E-state index is 3.71. The summed E-state index contributed by atoms with van der Waals surface area (Å²) in [6, 6.07) is 1.49. The van der Waals surface area contributed by atoms with Gasteiger partial charge in [-0.2, -0.15) is 0 Å². The predicted molar refractivity (Wildman–Crippen MR) is 82.5 cm³/mol. The molecule has 0 aromatic rings. The summed E-state index contributed by atoms with van der Waals surface area (Å²) in [5.41, 5.74) is 0.446. The quantitative estimate of drug-likeness (QED) is 0.727. The van der Waals surface area contributed by atoms with E-state index in [1.807, 2.05) is 0 Å². The van der Waals surface area contributed by atoms with E-state index < -0.39 is 0 Å². The molecule has 0 spiro atoms. The molecule has 0 saturated heterocycles. The van der Waals surface area contributed by atoms with Crippen LogP contribution >= 0.6 is 0 Å². The minimum Gasteiger partial charge on any atom is -0.312 e. The van der Waals surface area contributed by atoms with Gasteiger partial charge >= 0.3 is 0 Å². The second kappa shape index (κ2) is 6.11. The highest BCUT2D eigenvalue weighted by Gasteiger charge is 2.41. The average Bonchev–Trinajstić information content (AvgIpc) is 3.06. The standard InChI is InChI=1S/C16H33N3/c1-13(2)15(11-17-14-7-8-14)19(5)12-16(18(3)4)9-6-10-16/h13-15,17H,6-12H2,1-5H3. The Morgan fingerprint density at radius 1 is 1.16 bits per heavy atom. The Kier molecular flexibility index (Phi) is 4.91. The molecule has 2 rings (SSSR count). The van der Waals surface area contributed by atoms with E-state index >= 15 is 0 Å². The fraction of sp³-hybridized carbons (Fsp3) is 1.00. The van der Waals surface area contributed by atoms with Crippen LogP contribution in [0.2, 0.25) is 0 Å². The van der Waals surface area contributed by atoms with Gasteiger partial charge in [0.1, 0.15) is 0 Å². The van der Waals surface area contributed by atoms with Crippen LogP contribution in [0.25, 0.3) is 0 Å². The molecule has 0 bridgehead atoms. The van der Waals surface area contributed by atoms with E-state index in [1.54, 1.807) is 0 Å². The summed E-state index contributed by atoms with van der Waals surface area (Å²) < 4.78 is 0. The number of nitrogens with zero attached hydrogens (tertiary/aromatic N) is 2. The number of likely N-dealkylation sites (N-methyl/N-ethyl adjacent to an activating group) is 2. The van der Waals surface area contributed by atoms with Crippen LogP contribution in [-0.2, 0) is 0 Å². The van der Waals surface area contributed by atoms with Crippen molar-refractivity contribution in [1.82, 2.24) is 15.1 Å². The molecular formula is C16H33N3. The second-order valence-corrected chi connectivity index (χ2v) is 7.38. The van der Waals surface area contributed by atoms with Crippen LogP contribution in [0.1, 0.15) is 46.0 Å². The van der Waals surface area contributed by atoms with Crippen molar-refractivity contribution in [3.63, 3.8) is 0 Å². The molecule has 112 valence electrons. The third-order valence-corrected chi connectivity index (χ3v) is 5.31. The molecule has 2 fully saturated rings. The second-order valence-electron chi connectivity index (χ2n) is 7.38. The Labute approximate surface area is 119 Å². The first kappa shape index (κ1) is 15.3. The lowest BCUT2D eigenvalue weighted by molar-refractivity contribution is 0.00985. The largest absolute Gasteiger partial charge is 0.312 e. The number of hydrogen-bond donors (Lipinski definition) is 1. The van der Waals surface area contributed by atoms with Gasteiger partial charge in [-0.3, -0.25) is 0 Å². The molecule has 1 N–H and O–H groups in total. The van der Waals surface area contributed by atoms with Crippen LogP contribution in [0.4, 0.5) is 0 Å². The summed E-state index contributed by atoms with van der Waals surface area (Å²) in [7, 11) is 6.82.